The van der Waals surface area contributed by atoms with E-state index in [1.807, 2.05) is 34.8 Å². The lowest BCUT2D eigenvalue weighted by atomic mass is 9.89. The van der Waals surface area contributed by atoms with Crippen LogP contribution in [0.4, 0.5) is 0 Å². The van der Waals surface area contributed by atoms with E-state index in [0.29, 0.717) is 0 Å². The maximum absolute atomic E-state index is 5.56. The zero-order valence-corrected chi connectivity index (χ0v) is 27.1. The van der Waals surface area contributed by atoms with Crippen molar-refractivity contribution in [1.29, 1.82) is 0 Å². The van der Waals surface area contributed by atoms with Gasteiger partial charge in [0.15, 0.2) is 0 Å². The van der Waals surface area contributed by atoms with E-state index in [1.165, 1.54) is 41.8 Å². The van der Waals surface area contributed by atoms with Gasteiger partial charge in [-0.05, 0) is 82.3 Å². The molecule has 0 N–H and O–H groups in total. The molecule has 4 rings (SSSR count). The van der Waals surface area contributed by atoms with Gasteiger partial charge in [-0.25, -0.2) is 0 Å². The Kier molecular flexibility index (Phi) is 8.91. The molecule has 40 heavy (non-hydrogen) atoms. The van der Waals surface area contributed by atoms with Crippen molar-refractivity contribution in [3.8, 4) is 32.8 Å². The molecule has 214 valence electrons. The van der Waals surface area contributed by atoms with Crippen LogP contribution >= 0.6 is 22.7 Å². The molecule has 0 aliphatic heterocycles. The van der Waals surface area contributed by atoms with E-state index in [0.717, 1.165) is 35.8 Å². The van der Waals surface area contributed by atoms with Gasteiger partial charge in [0.2, 0.25) is 0 Å². The van der Waals surface area contributed by atoms with Crippen LogP contribution in [0.1, 0.15) is 73.6 Å². The van der Waals surface area contributed by atoms with Crippen LogP contribution in [-0.2, 0) is 23.7 Å². The van der Waals surface area contributed by atoms with Gasteiger partial charge in [-0.1, -0.05) is 41.5 Å². The van der Waals surface area contributed by atoms with Gasteiger partial charge >= 0.3 is 0 Å². The number of thiophene rings is 2. The topological polar surface area (TPSA) is 36.9 Å². The van der Waals surface area contributed by atoms with E-state index < -0.39 is 0 Å². The van der Waals surface area contributed by atoms with Crippen molar-refractivity contribution in [2.45, 2.75) is 65.2 Å². The van der Waals surface area contributed by atoms with Gasteiger partial charge < -0.3 is 18.9 Å². The molecule has 0 unspecified atom stereocenters. The monoisotopic (exact) mass is 578 g/mol. The Bertz CT molecular complexity index is 1420. The lowest BCUT2D eigenvalue weighted by molar-refractivity contribution is 0.393. The number of ether oxygens (including phenoxy) is 4. The molecule has 0 saturated carbocycles. The Balaban J connectivity index is 1.82. The molecule has 6 heteroatoms. The Labute approximate surface area is 247 Å². The Morgan fingerprint density at radius 2 is 0.975 bits per heavy atom. The quantitative estimate of drug-likeness (QED) is 0.198. The van der Waals surface area contributed by atoms with Crippen molar-refractivity contribution in [3.05, 3.63) is 80.5 Å². The van der Waals surface area contributed by atoms with Gasteiger partial charge in [0, 0.05) is 31.6 Å². The highest BCUT2D eigenvalue weighted by Crippen LogP contribution is 2.46. The molecule has 0 bridgehead atoms. The molecule has 2 aromatic heterocycles. The largest absolute Gasteiger partial charge is 0.497 e. The molecule has 0 radical (unpaired) electrons. The fourth-order valence-corrected chi connectivity index (χ4v) is 7.43. The van der Waals surface area contributed by atoms with Gasteiger partial charge in [-0.3, -0.25) is 0 Å². The zero-order valence-electron chi connectivity index (χ0n) is 25.5. The van der Waals surface area contributed by atoms with Crippen LogP contribution in [0.25, 0.3) is 9.75 Å². The van der Waals surface area contributed by atoms with Crippen molar-refractivity contribution >= 4 is 22.7 Å². The van der Waals surface area contributed by atoms with E-state index >= 15 is 0 Å². The summed E-state index contributed by atoms with van der Waals surface area (Å²) in [6.07, 6.45) is 1.62. The van der Waals surface area contributed by atoms with Gasteiger partial charge in [0.05, 0.1) is 28.4 Å². The Morgan fingerprint density at radius 1 is 0.525 bits per heavy atom. The number of benzene rings is 2. The SMILES string of the molecule is COc1cc(Cc2cc(C(C)(C)C)sc2-c2cc(Cc3cc(OC)cc(OC)c3)c(C(C)(C)C)s2)cc(OC)c1. The minimum absolute atomic E-state index is 0.0195. The molecule has 0 atom stereocenters. The summed E-state index contributed by atoms with van der Waals surface area (Å²) in [5.74, 6) is 3.24. The van der Waals surface area contributed by atoms with E-state index in [4.69, 9.17) is 18.9 Å². The van der Waals surface area contributed by atoms with Crippen LogP contribution in [0.5, 0.6) is 23.0 Å². The fraction of sp³-hybridized carbons (Fsp3) is 0.412. The second kappa shape index (κ2) is 11.9. The molecule has 4 aromatic rings. The van der Waals surface area contributed by atoms with E-state index in [-0.39, 0.29) is 10.8 Å². The van der Waals surface area contributed by atoms with Crippen molar-refractivity contribution < 1.29 is 18.9 Å². The maximum Gasteiger partial charge on any atom is 0.122 e. The van der Waals surface area contributed by atoms with E-state index in [2.05, 4.69) is 77.9 Å². The smallest absolute Gasteiger partial charge is 0.122 e. The lowest BCUT2D eigenvalue weighted by Gasteiger charge is -2.19. The minimum Gasteiger partial charge on any atom is -0.497 e. The molecular formula is C34H42O4S2. The molecule has 0 fully saturated rings. The molecule has 2 heterocycles. The van der Waals surface area contributed by atoms with Gasteiger partial charge in [0.25, 0.3) is 0 Å². The van der Waals surface area contributed by atoms with Gasteiger partial charge in [0.1, 0.15) is 23.0 Å². The summed E-state index contributed by atoms with van der Waals surface area (Å²) in [4.78, 5) is 5.46. The second-order valence-electron chi connectivity index (χ2n) is 12.2. The number of methoxy groups -OCH3 is 4. The molecule has 0 aliphatic rings. The normalized spacial score (nSPS) is 11.9. The van der Waals surface area contributed by atoms with Crippen molar-refractivity contribution in [1.82, 2.24) is 0 Å². The third-order valence-electron chi connectivity index (χ3n) is 6.87. The molecule has 0 aliphatic carbocycles. The fourth-order valence-electron chi connectivity index (χ4n) is 4.82. The highest BCUT2D eigenvalue weighted by atomic mass is 32.1. The van der Waals surface area contributed by atoms with Crippen LogP contribution in [0.2, 0.25) is 0 Å². The van der Waals surface area contributed by atoms with E-state index in [1.54, 1.807) is 28.4 Å². The van der Waals surface area contributed by atoms with Crippen molar-refractivity contribution in [3.63, 3.8) is 0 Å². The van der Waals surface area contributed by atoms with Crippen LogP contribution in [0.3, 0.4) is 0 Å². The van der Waals surface area contributed by atoms with Crippen LogP contribution in [-0.4, -0.2) is 28.4 Å². The number of hydrogen-bond donors (Lipinski definition) is 0. The summed E-state index contributed by atoms with van der Waals surface area (Å²) in [5.41, 5.74) is 5.12. The summed E-state index contributed by atoms with van der Waals surface area (Å²) < 4.78 is 22.2. The molecule has 0 spiro atoms. The predicted octanol–water partition coefficient (Wildman–Crippen LogP) is 9.29. The number of rotatable bonds is 9. The first-order valence-corrected chi connectivity index (χ1v) is 15.2. The first kappa shape index (κ1) is 30.0. The summed E-state index contributed by atoms with van der Waals surface area (Å²) in [7, 11) is 6.80. The van der Waals surface area contributed by atoms with Gasteiger partial charge in [-0.15, -0.1) is 22.7 Å². The van der Waals surface area contributed by atoms with Crippen LogP contribution < -0.4 is 18.9 Å². The highest BCUT2D eigenvalue weighted by molar-refractivity contribution is 7.22. The second-order valence-corrected chi connectivity index (χ2v) is 14.3. The van der Waals surface area contributed by atoms with E-state index in [9.17, 15) is 0 Å². The van der Waals surface area contributed by atoms with Crippen LogP contribution in [0, 0.1) is 0 Å². The molecule has 0 amide bonds. The Morgan fingerprint density at radius 3 is 1.38 bits per heavy atom. The minimum atomic E-state index is 0.0195. The summed E-state index contributed by atoms with van der Waals surface area (Å²) in [6.45, 7) is 13.8. The summed E-state index contributed by atoms with van der Waals surface area (Å²) >= 11 is 3.84. The average Bonchev–Trinajstić information content (AvgIpc) is 3.52. The summed E-state index contributed by atoms with van der Waals surface area (Å²) in [5, 5.41) is 0. The molecule has 4 nitrogen and oxygen atoms in total. The third kappa shape index (κ3) is 6.84. The maximum atomic E-state index is 5.56. The first-order chi connectivity index (χ1) is 18.8. The van der Waals surface area contributed by atoms with Gasteiger partial charge in [-0.2, -0.15) is 0 Å². The Hall–Kier alpha value is -2.96. The summed E-state index contributed by atoms with van der Waals surface area (Å²) in [6, 6.07) is 17.1. The average molecular weight is 579 g/mol. The zero-order chi connectivity index (χ0) is 29.2. The molecular weight excluding hydrogens is 537 g/mol. The van der Waals surface area contributed by atoms with Crippen LogP contribution in [0.15, 0.2) is 48.5 Å². The lowest BCUT2D eigenvalue weighted by Crippen LogP contribution is -2.11. The molecule has 2 aromatic carbocycles. The molecule has 0 saturated heterocycles. The first-order valence-electron chi connectivity index (χ1n) is 13.5. The van der Waals surface area contributed by atoms with Crippen molar-refractivity contribution in [2.75, 3.05) is 28.4 Å². The number of hydrogen-bond acceptors (Lipinski definition) is 6. The third-order valence-corrected chi connectivity index (χ3v) is 10.3. The standard InChI is InChI=1S/C34H42O4S2/c1-33(2,3)30-18-23(11-21-13-25(35-7)19-26(14-21)36-8)31(40-30)29-17-24(32(39-29)34(4,5)6)12-22-15-27(37-9)20-28(16-22)38-10/h13-20H,11-12H2,1-10H3. The predicted molar refractivity (Wildman–Crippen MR) is 170 cm³/mol. The highest BCUT2D eigenvalue weighted by Gasteiger charge is 2.26. The van der Waals surface area contributed by atoms with Crippen molar-refractivity contribution in [2.24, 2.45) is 0 Å².